The van der Waals surface area contributed by atoms with Gasteiger partial charge in [-0.05, 0) is 30.4 Å². The van der Waals surface area contributed by atoms with E-state index in [2.05, 4.69) is 63.1 Å². The van der Waals surface area contributed by atoms with E-state index in [4.69, 9.17) is 4.74 Å². The van der Waals surface area contributed by atoms with Gasteiger partial charge in [0.2, 0.25) is 5.91 Å². The number of carbonyl (C=O) groups excluding carboxylic acids is 1. The molecule has 2 aromatic carbocycles. The monoisotopic (exact) mass is 511 g/mol. The molecule has 0 atom stereocenters. The molecule has 1 amide bonds. The van der Waals surface area contributed by atoms with E-state index in [0.717, 1.165) is 30.0 Å². The zero-order chi connectivity index (χ0) is 26.2. The molecular formula is C27H28F3N5O2. The van der Waals surface area contributed by atoms with Crippen LogP contribution in [0.5, 0.6) is 6.01 Å². The molecule has 0 aliphatic carbocycles. The van der Waals surface area contributed by atoms with Gasteiger partial charge in [-0.3, -0.25) is 4.79 Å². The number of hydrogen-bond donors (Lipinski definition) is 0. The minimum atomic E-state index is -4.51. The molecule has 1 saturated heterocycles. The van der Waals surface area contributed by atoms with Gasteiger partial charge in [-0.15, -0.1) is 0 Å². The van der Waals surface area contributed by atoms with Crippen molar-refractivity contribution in [2.45, 2.75) is 26.1 Å². The zero-order valence-electron chi connectivity index (χ0n) is 20.8. The number of fused-ring (bicyclic) bond motifs is 2. The average molecular weight is 512 g/mol. The molecule has 10 heteroatoms. The molecule has 5 rings (SSSR count). The number of aromatic nitrogens is 2. The molecule has 0 saturated carbocycles. The third-order valence-corrected chi connectivity index (χ3v) is 6.94. The van der Waals surface area contributed by atoms with Crippen LogP contribution < -0.4 is 14.5 Å². The molecule has 0 bridgehead atoms. The van der Waals surface area contributed by atoms with E-state index in [9.17, 15) is 18.0 Å². The average Bonchev–Trinajstić information content (AvgIpc) is 2.90. The number of piperazine rings is 1. The second-order valence-electron chi connectivity index (χ2n) is 9.27. The maximum Gasteiger partial charge on any atom is 0.409 e. The topological polar surface area (TPSA) is 61.8 Å². The fourth-order valence-electron chi connectivity index (χ4n) is 5.13. The van der Waals surface area contributed by atoms with Crippen molar-refractivity contribution >= 4 is 28.2 Å². The van der Waals surface area contributed by atoms with Crippen LogP contribution in [0.15, 0.2) is 48.6 Å². The molecule has 1 aromatic heterocycles. The number of ether oxygens (including phenoxy) is 1. The van der Waals surface area contributed by atoms with Gasteiger partial charge in [0.1, 0.15) is 5.82 Å². The molecule has 2 aliphatic heterocycles. The molecule has 3 aromatic rings. The first kappa shape index (κ1) is 24.9. The first-order chi connectivity index (χ1) is 17.7. The molecule has 0 N–H and O–H groups in total. The maximum absolute atomic E-state index is 12.4. The Balaban J connectivity index is 1.38. The molecule has 1 fully saturated rings. The molecule has 194 valence electrons. The molecule has 7 nitrogen and oxygen atoms in total. The highest BCUT2D eigenvalue weighted by atomic mass is 19.4. The first-order valence-corrected chi connectivity index (χ1v) is 12.2. The zero-order valence-corrected chi connectivity index (χ0v) is 20.8. The molecule has 0 unspecified atom stereocenters. The van der Waals surface area contributed by atoms with Crippen molar-refractivity contribution in [3.8, 4) is 6.01 Å². The lowest BCUT2D eigenvalue weighted by Crippen LogP contribution is -2.49. The molecule has 3 heterocycles. The van der Waals surface area contributed by atoms with Gasteiger partial charge in [0, 0.05) is 61.5 Å². The standard InChI is InChI=1S/C27H28F3N5O2/c1-18-5-3-6-19-7-4-8-22(24(18)19)35-12-10-20-21(17-35)31-26(37-2)32-25(20)34-15-13-33(14-16-34)23(36)9-11-27(28,29)30/h3-9,11H,10,12-17H2,1-2H3/b11-9+. The minimum Gasteiger partial charge on any atom is -0.467 e. The summed E-state index contributed by atoms with van der Waals surface area (Å²) in [5.74, 6) is 0.133. The van der Waals surface area contributed by atoms with Crippen molar-refractivity contribution in [3.63, 3.8) is 0 Å². The molecule has 0 spiro atoms. The highest BCUT2D eigenvalue weighted by Gasteiger charge is 2.29. The number of aryl methyl sites for hydroxylation is 1. The van der Waals surface area contributed by atoms with E-state index in [1.54, 1.807) is 0 Å². The molecule has 2 aliphatic rings. The second kappa shape index (κ2) is 9.91. The van der Waals surface area contributed by atoms with Gasteiger partial charge in [-0.1, -0.05) is 30.3 Å². The van der Waals surface area contributed by atoms with Gasteiger partial charge in [0.05, 0.1) is 19.3 Å². The predicted octanol–water partition coefficient (Wildman–Crippen LogP) is 4.28. The predicted molar refractivity (Wildman–Crippen MR) is 136 cm³/mol. The third-order valence-electron chi connectivity index (χ3n) is 6.94. The number of benzene rings is 2. The van der Waals surface area contributed by atoms with Crippen LogP contribution in [0.2, 0.25) is 0 Å². The SMILES string of the molecule is COc1nc2c(c(N3CCN(C(=O)/C=C/C(F)(F)F)CC3)n1)CCN(c1cccc3cccc(C)c13)C2. The Morgan fingerprint density at radius 2 is 1.73 bits per heavy atom. The van der Waals surface area contributed by atoms with Crippen molar-refractivity contribution in [2.24, 2.45) is 0 Å². The van der Waals surface area contributed by atoms with Gasteiger partial charge in [0.25, 0.3) is 0 Å². The van der Waals surface area contributed by atoms with Crippen molar-refractivity contribution < 1.29 is 22.7 Å². The van der Waals surface area contributed by atoms with E-state index in [1.165, 1.54) is 34.0 Å². The summed E-state index contributed by atoms with van der Waals surface area (Å²) in [4.78, 5) is 27.3. The highest BCUT2D eigenvalue weighted by Crippen LogP contribution is 2.35. The van der Waals surface area contributed by atoms with Crippen LogP contribution in [0.25, 0.3) is 10.8 Å². The number of carbonyl (C=O) groups is 1. The van der Waals surface area contributed by atoms with Crippen LogP contribution in [0.1, 0.15) is 16.8 Å². The van der Waals surface area contributed by atoms with E-state index in [1.807, 2.05) is 0 Å². The van der Waals surface area contributed by atoms with E-state index in [0.29, 0.717) is 38.8 Å². The third kappa shape index (κ3) is 5.19. The van der Waals surface area contributed by atoms with Gasteiger partial charge < -0.3 is 19.4 Å². The molecular weight excluding hydrogens is 483 g/mol. The van der Waals surface area contributed by atoms with Gasteiger partial charge >= 0.3 is 12.2 Å². The summed E-state index contributed by atoms with van der Waals surface area (Å²) >= 11 is 0. The number of anilines is 2. The lowest BCUT2D eigenvalue weighted by atomic mass is 9.99. The van der Waals surface area contributed by atoms with Gasteiger partial charge in [-0.25, -0.2) is 0 Å². The number of hydrogen-bond acceptors (Lipinski definition) is 6. The molecule has 0 radical (unpaired) electrons. The largest absolute Gasteiger partial charge is 0.467 e. The summed E-state index contributed by atoms with van der Waals surface area (Å²) in [6.07, 6.45) is -3.19. The summed E-state index contributed by atoms with van der Waals surface area (Å²) in [6, 6.07) is 12.9. The van der Waals surface area contributed by atoms with Gasteiger partial charge in [-0.2, -0.15) is 23.1 Å². The van der Waals surface area contributed by atoms with E-state index >= 15 is 0 Å². The number of nitrogens with zero attached hydrogens (tertiary/aromatic N) is 5. The summed E-state index contributed by atoms with van der Waals surface area (Å²) in [5, 5.41) is 2.43. The summed E-state index contributed by atoms with van der Waals surface area (Å²) in [5.41, 5.74) is 4.33. The number of allylic oxidation sites excluding steroid dienone is 1. The van der Waals surface area contributed by atoms with Crippen LogP contribution in [0.4, 0.5) is 24.7 Å². The number of alkyl halides is 3. The number of halogens is 3. The summed E-state index contributed by atoms with van der Waals surface area (Å²) in [6.45, 7) is 5.07. The van der Waals surface area contributed by atoms with Crippen LogP contribution in [-0.2, 0) is 17.8 Å². The fraction of sp³-hybridized carbons (Fsp3) is 0.370. The van der Waals surface area contributed by atoms with E-state index in [-0.39, 0.29) is 12.1 Å². The van der Waals surface area contributed by atoms with Crippen LogP contribution in [-0.4, -0.2) is 66.8 Å². The highest BCUT2D eigenvalue weighted by molar-refractivity contribution is 5.97. The maximum atomic E-state index is 12.4. The Hall–Kier alpha value is -3.82. The van der Waals surface area contributed by atoms with Crippen molar-refractivity contribution in [1.82, 2.24) is 14.9 Å². The lowest BCUT2D eigenvalue weighted by molar-refractivity contribution is -0.127. The smallest absolute Gasteiger partial charge is 0.409 e. The Labute approximate surface area is 213 Å². The quantitative estimate of drug-likeness (QED) is 0.488. The second-order valence-corrected chi connectivity index (χ2v) is 9.27. The Kier molecular flexibility index (Phi) is 6.66. The first-order valence-electron chi connectivity index (χ1n) is 12.2. The Morgan fingerprint density at radius 1 is 1.00 bits per heavy atom. The van der Waals surface area contributed by atoms with Crippen LogP contribution in [0.3, 0.4) is 0 Å². The number of amides is 1. The van der Waals surface area contributed by atoms with Crippen LogP contribution >= 0.6 is 0 Å². The lowest BCUT2D eigenvalue weighted by Gasteiger charge is -2.38. The van der Waals surface area contributed by atoms with Gasteiger partial charge in [0.15, 0.2) is 0 Å². The Morgan fingerprint density at radius 3 is 2.43 bits per heavy atom. The molecule has 37 heavy (non-hydrogen) atoms. The minimum absolute atomic E-state index is 0.0173. The van der Waals surface area contributed by atoms with Crippen molar-refractivity contribution in [2.75, 3.05) is 49.6 Å². The van der Waals surface area contributed by atoms with Crippen molar-refractivity contribution in [3.05, 3.63) is 65.4 Å². The number of rotatable bonds is 4. The Bertz CT molecular complexity index is 1340. The summed E-state index contributed by atoms with van der Waals surface area (Å²) < 4.78 is 42.7. The number of methoxy groups -OCH3 is 1. The summed E-state index contributed by atoms with van der Waals surface area (Å²) in [7, 11) is 1.53. The van der Waals surface area contributed by atoms with E-state index < -0.39 is 12.1 Å². The fourth-order valence-corrected chi connectivity index (χ4v) is 5.13. The van der Waals surface area contributed by atoms with Crippen molar-refractivity contribution in [1.29, 1.82) is 0 Å². The normalized spacial score (nSPS) is 16.4. The van der Waals surface area contributed by atoms with Crippen LogP contribution in [0, 0.1) is 6.92 Å².